The summed E-state index contributed by atoms with van der Waals surface area (Å²) >= 11 is 0. The van der Waals surface area contributed by atoms with Crippen LogP contribution in [0, 0.1) is 0 Å². The molecule has 0 saturated heterocycles. The van der Waals surface area contributed by atoms with Crippen LogP contribution in [0.15, 0.2) is 170 Å². The predicted octanol–water partition coefficient (Wildman–Crippen LogP) is 8.97. The molecule has 0 spiro atoms. The van der Waals surface area contributed by atoms with Crippen LogP contribution >= 0.6 is 7.14 Å². The van der Waals surface area contributed by atoms with Gasteiger partial charge in [-0.3, -0.25) is 0 Å². The zero-order valence-electron chi connectivity index (χ0n) is 22.6. The summed E-state index contributed by atoms with van der Waals surface area (Å²) in [6.45, 7) is 0. The molecule has 6 rings (SSSR count). The molecule has 0 aliphatic carbocycles. The van der Waals surface area contributed by atoms with Crippen LogP contribution in [0.25, 0.3) is 12.2 Å². The molecule has 0 N–H and O–H groups in total. The zero-order chi connectivity index (χ0) is 27.9. The van der Waals surface area contributed by atoms with Gasteiger partial charge < -0.3 is 9.46 Å². The van der Waals surface area contributed by atoms with E-state index in [-0.39, 0.29) is 0 Å². The standard InChI is InChI=1S/C38H30NOP/c40-41(36-17-9-3-10-18-36,37-19-11-4-12-20-37)38-29-25-32(26-30-38)22-21-31-23-27-35(28-24-31)39(33-13-5-1-6-14-33)34-15-7-2-8-16-34/h1-30H/b22-21+. The fourth-order valence-corrected chi connectivity index (χ4v) is 7.69. The van der Waals surface area contributed by atoms with Crippen LogP contribution in [0.1, 0.15) is 11.1 Å². The van der Waals surface area contributed by atoms with E-state index in [1.165, 1.54) is 0 Å². The Balaban J connectivity index is 1.25. The lowest BCUT2D eigenvalue weighted by molar-refractivity contribution is 0.592. The highest BCUT2D eigenvalue weighted by Gasteiger charge is 2.29. The minimum Gasteiger partial charge on any atom is -0.311 e. The van der Waals surface area contributed by atoms with Crippen LogP contribution in [0.5, 0.6) is 0 Å². The van der Waals surface area contributed by atoms with Crippen molar-refractivity contribution in [2.45, 2.75) is 0 Å². The Hall–Kier alpha value is -4.91. The first-order chi connectivity index (χ1) is 20.2. The Labute approximate surface area is 242 Å². The molecule has 2 nitrogen and oxygen atoms in total. The van der Waals surface area contributed by atoms with Crippen LogP contribution in [0.4, 0.5) is 17.1 Å². The fourth-order valence-electron chi connectivity index (χ4n) is 5.05. The average molecular weight is 548 g/mol. The molecule has 0 aliphatic heterocycles. The van der Waals surface area contributed by atoms with Crippen molar-refractivity contribution in [1.82, 2.24) is 0 Å². The summed E-state index contributed by atoms with van der Waals surface area (Å²) in [6, 6.07) is 57.1. The van der Waals surface area contributed by atoms with Crippen molar-refractivity contribution in [3.8, 4) is 0 Å². The molecule has 0 aromatic heterocycles. The highest BCUT2D eigenvalue weighted by Crippen LogP contribution is 2.42. The van der Waals surface area contributed by atoms with E-state index in [9.17, 15) is 4.57 Å². The summed E-state index contributed by atoms with van der Waals surface area (Å²) in [4.78, 5) is 2.25. The minimum atomic E-state index is -2.97. The lowest BCUT2D eigenvalue weighted by Gasteiger charge is -2.25. The summed E-state index contributed by atoms with van der Waals surface area (Å²) in [5, 5.41) is 2.52. The SMILES string of the molecule is O=P(c1ccccc1)(c1ccccc1)c1ccc(/C=C/c2ccc(N(c3ccccc3)c3ccccc3)cc2)cc1. The Morgan fingerprint density at radius 2 is 0.683 bits per heavy atom. The molecule has 0 saturated carbocycles. The molecule has 0 unspecified atom stereocenters. The number of hydrogen-bond donors (Lipinski definition) is 0. The van der Waals surface area contributed by atoms with Gasteiger partial charge in [0.15, 0.2) is 7.14 Å². The van der Waals surface area contributed by atoms with Crippen molar-refractivity contribution < 1.29 is 4.57 Å². The normalized spacial score (nSPS) is 11.4. The summed E-state index contributed by atoms with van der Waals surface area (Å²) < 4.78 is 14.6. The van der Waals surface area contributed by atoms with Gasteiger partial charge in [-0.05, 0) is 47.5 Å². The van der Waals surface area contributed by atoms with Gasteiger partial charge in [-0.25, -0.2) is 0 Å². The van der Waals surface area contributed by atoms with Gasteiger partial charge in [0.1, 0.15) is 0 Å². The largest absolute Gasteiger partial charge is 0.311 e. The second-order valence-corrected chi connectivity index (χ2v) is 12.6. The maximum atomic E-state index is 14.6. The molecular weight excluding hydrogens is 517 g/mol. The first-order valence-electron chi connectivity index (χ1n) is 13.7. The summed E-state index contributed by atoms with van der Waals surface area (Å²) in [5.41, 5.74) is 5.50. The predicted molar refractivity (Wildman–Crippen MR) is 176 cm³/mol. The van der Waals surface area contributed by atoms with Crippen molar-refractivity contribution in [2.24, 2.45) is 0 Å². The van der Waals surface area contributed by atoms with Gasteiger partial charge in [0.2, 0.25) is 0 Å². The molecule has 41 heavy (non-hydrogen) atoms. The number of rotatable bonds is 8. The van der Waals surface area contributed by atoms with E-state index in [2.05, 4.69) is 89.8 Å². The summed E-state index contributed by atoms with van der Waals surface area (Å²) in [7, 11) is -2.97. The van der Waals surface area contributed by atoms with E-state index in [1.807, 2.05) is 97.1 Å². The lowest BCUT2D eigenvalue weighted by atomic mass is 10.1. The number of anilines is 3. The maximum Gasteiger partial charge on any atom is 0.171 e. The quantitative estimate of drug-likeness (QED) is 0.140. The van der Waals surface area contributed by atoms with Gasteiger partial charge in [0.05, 0.1) is 0 Å². The van der Waals surface area contributed by atoms with Crippen LogP contribution in [-0.2, 0) is 4.57 Å². The van der Waals surface area contributed by atoms with Crippen LogP contribution in [0.3, 0.4) is 0 Å². The van der Waals surface area contributed by atoms with Crippen molar-refractivity contribution in [3.05, 3.63) is 181 Å². The molecule has 0 bridgehead atoms. The second-order valence-electron chi connectivity index (χ2n) is 9.80. The first kappa shape index (κ1) is 26.3. The van der Waals surface area contributed by atoms with Gasteiger partial charge >= 0.3 is 0 Å². The molecule has 0 heterocycles. The van der Waals surface area contributed by atoms with Gasteiger partial charge in [0.25, 0.3) is 0 Å². The minimum absolute atomic E-state index is 0.832. The van der Waals surface area contributed by atoms with Crippen LogP contribution < -0.4 is 20.8 Å². The average Bonchev–Trinajstić information content (AvgIpc) is 3.06. The van der Waals surface area contributed by atoms with E-state index >= 15 is 0 Å². The van der Waals surface area contributed by atoms with Gasteiger partial charge in [0, 0.05) is 33.0 Å². The smallest absolute Gasteiger partial charge is 0.171 e. The Morgan fingerprint density at radius 3 is 1.10 bits per heavy atom. The van der Waals surface area contributed by atoms with Crippen LogP contribution in [-0.4, -0.2) is 0 Å². The number of hydrogen-bond acceptors (Lipinski definition) is 2. The second kappa shape index (κ2) is 12.1. The number of nitrogens with zero attached hydrogens (tertiary/aromatic N) is 1. The number of benzene rings is 6. The molecule has 198 valence electrons. The van der Waals surface area contributed by atoms with Gasteiger partial charge in [-0.1, -0.05) is 146 Å². The van der Waals surface area contributed by atoms with Crippen LogP contribution in [0.2, 0.25) is 0 Å². The Kier molecular flexibility index (Phi) is 7.76. The highest BCUT2D eigenvalue weighted by atomic mass is 31.2. The van der Waals surface area contributed by atoms with E-state index < -0.39 is 7.14 Å². The third-order valence-corrected chi connectivity index (χ3v) is 10.2. The summed E-state index contributed by atoms with van der Waals surface area (Å²) in [6.07, 6.45) is 4.21. The molecule has 0 atom stereocenters. The summed E-state index contributed by atoms with van der Waals surface area (Å²) in [5.74, 6) is 0. The molecule has 6 aromatic carbocycles. The molecule has 0 amide bonds. The van der Waals surface area contributed by atoms with Crippen molar-refractivity contribution in [3.63, 3.8) is 0 Å². The topological polar surface area (TPSA) is 20.3 Å². The Bertz CT molecular complexity index is 1680. The fraction of sp³-hybridized carbons (Fsp3) is 0. The van der Waals surface area contributed by atoms with Crippen molar-refractivity contribution >= 4 is 52.3 Å². The van der Waals surface area contributed by atoms with Crippen molar-refractivity contribution in [1.29, 1.82) is 0 Å². The highest BCUT2D eigenvalue weighted by molar-refractivity contribution is 7.85. The molecule has 0 fully saturated rings. The van der Waals surface area contributed by atoms with E-state index in [0.29, 0.717) is 0 Å². The molecule has 6 aromatic rings. The van der Waals surface area contributed by atoms with E-state index in [4.69, 9.17) is 0 Å². The lowest BCUT2D eigenvalue weighted by Crippen LogP contribution is -2.24. The molecule has 0 aliphatic rings. The first-order valence-corrected chi connectivity index (χ1v) is 15.4. The van der Waals surface area contributed by atoms with Gasteiger partial charge in [-0.2, -0.15) is 0 Å². The number of para-hydroxylation sites is 2. The monoisotopic (exact) mass is 547 g/mol. The van der Waals surface area contributed by atoms with E-state index in [1.54, 1.807) is 0 Å². The molecule has 3 heteroatoms. The third-order valence-electron chi connectivity index (χ3n) is 7.14. The Morgan fingerprint density at radius 1 is 0.366 bits per heavy atom. The zero-order valence-corrected chi connectivity index (χ0v) is 23.5. The van der Waals surface area contributed by atoms with Gasteiger partial charge in [-0.15, -0.1) is 0 Å². The van der Waals surface area contributed by atoms with Crippen molar-refractivity contribution in [2.75, 3.05) is 4.90 Å². The maximum absolute atomic E-state index is 14.6. The van der Waals surface area contributed by atoms with E-state index in [0.717, 1.165) is 44.1 Å². The molecule has 0 radical (unpaired) electrons. The third kappa shape index (κ3) is 5.70. The molecular formula is C38H30NOP.